The van der Waals surface area contributed by atoms with E-state index in [1.807, 2.05) is 60.7 Å². The molecule has 0 aromatic heterocycles. The lowest BCUT2D eigenvalue weighted by Gasteiger charge is -2.27. The van der Waals surface area contributed by atoms with Crippen LogP contribution in [-0.2, 0) is 14.3 Å². The lowest BCUT2D eigenvalue weighted by atomic mass is 10.0. The van der Waals surface area contributed by atoms with Crippen molar-refractivity contribution in [1.82, 2.24) is 10.2 Å². The van der Waals surface area contributed by atoms with Crippen LogP contribution in [0.2, 0.25) is 0 Å². The summed E-state index contributed by atoms with van der Waals surface area (Å²) in [5.74, 6) is -0.416. The Hall–Kier alpha value is -3.50. The first-order valence-electron chi connectivity index (χ1n) is 12.5. The third-order valence-corrected chi connectivity index (χ3v) is 6.70. The zero-order chi connectivity index (χ0) is 26.7. The number of ether oxygens (including phenoxy) is 1. The van der Waals surface area contributed by atoms with Gasteiger partial charge in [-0.05, 0) is 53.6 Å². The molecule has 0 saturated carbocycles. The molecule has 1 unspecified atom stereocenters. The molecule has 1 aliphatic rings. The van der Waals surface area contributed by atoms with Crippen LogP contribution in [0, 0.1) is 0 Å². The highest BCUT2D eigenvalue weighted by atomic mass is 79.9. The predicted molar refractivity (Wildman–Crippen MR) is 156 cm³/mol. The molecule has 0 aliphatic carbocycles. The third-order valence-electron chi connectivity index (χ3n) is 6.17. The third kappa shape index (κ3) is 8.26. The SMILES string of the molecule is Nc1ccccc1NC(=O)C=Cc1ccc(C(NCCN2CCOCC2)C(=O)Nc2ccc(Br)cc2)cc1. The van der Waals surface area contributed by atoms with Gasteiger partial charge < -0.3 is 26.4 Å². The number of hydrogen-bond donors (Lipinski definition) is 4. The van der Waals surface area contributed by atoms with Crippen LogP contribution < -0.4 is 21.7 Å². The van der Waals surface area contributed by atoms with Gasteiger partial charge in [-0.15, -0.1) is 0 Å². The summed E-state index contributed by atoms with van der Waals surface area (Å²) in [7, 11) is 0. The van der Waals surface area contributed by atoms with Crippen LogP contribution in [0.15, 0.2) is 83.3 Å². The van der Waals surface area contributed by atoms with E-state index in [1.54, 1.807) is 18.2 Å². The fourth-order valence-electron chi connectivity index (χ4n) is 4.06. The first-order valence-corrected chi connectivity index (χ1v) is 13.3. The second kappa shape index (κ2) is 13.9. The van der Waals surface area contributed by atoms with E-state index in [2.05, 4.69) is 36.8 Å². The number of para-hydroxylation sites is 2. The summed E-state index contributed by atoms with van der Waals surface area (Å²) in [6, 6.07) is 21.6. The highest BCUT2D eigenvalue weighted by Crippen LogP contribution is 2.20. The number of nitrogens with one attached hydrogen (secondary N) is 3. The molecule has 9 heteroatoms. The van der Waals surface area contributed by atoms with E-state index in [4.69, 9.17) is 10.5 Å². The smallest absolute Gasteiger partial charge is 0.248 e. The molecule has 5 N–H and O–H groups in total. The van der Waals surface area contributed by atoms with E-state index in [9.17, 15) is 9.59 Å². The molecule has 8 nitrogen and oxygen atoms in total. The topological polar surface area (TPSA) is 109 Å². The Labute approximate surface area is 231 Å². The Morgan fingerprint density at radius 3 is 2.39 bits per heavy atom. The van der Waals surface area contributed by atoms with Crippen LogP contribution in [0.1, 0.15) is 17.2 Å². The van der Waals surface area contributed by atoms with Gasteiger partial charge in [-0.3, -0.25) is 14.5 Å². The number of rotatable bonds is 10. The number of hydrogen-bond acceptors (Lipinski definition) is 6. The Kier molecular flexibility index (Phi) is 10.1. The average Bonchev–Trinajstić information content (AvgIpc) is 2.93. The normalized spacial score (nSPS) is 14.8. The highest BCUT2D eigenvalue weighted by Gasteiger charge is 2.21. The summed E-state index contributed by atoms with van der Waals surface area (Å²) >= 11 is 3.42. The lowest BCUT2D eigenvalue weighted by molar-refractivity contribution is -0.118. The van der Waals surface area contributed by atoms with Crippen molar-refractivity contribution in [3.8, 4) is 0 Å². The van der Waals surface area contributed by atoms with Gasteiger partial charge in [-0.25, -0.2) is 0 Å². The molecule has 1 heterocycles. The maximum atomic E-state index is 13.3. The number of nitrogen functional groups attached to an aromatic ring is 1. The van der Waals surface area contributed by atoms with Crippen molar-refractivity contribution in [1.29, 1.82) is 0 Å². The van der Waals surface area contributed by atoms with E-state index in [-0.39, 0.29) is 11.8 Å². The largest absolute Gasteiger partial charge is 0.397 e. The number of nitrogens with zero attached hydrogens (tertiary/aromatic N) is 1. The number of anilines is 3. The van der Waals surface area contributed by atoms with E-state index in [0.29, 0.717) is 17.9 Å². The van der Waals surface area contributed by atoms with Gasteiger partial charge in [0.2, 0.25) is 11.8 Å². The minimum absolute atomic E-state index is 0.141. The number of morpholine rings is 1. The number of benzene rings is 3. The fraction of sp³-hybridized carbons (Fsp3) is 0.241. The van der Waals surface area contributed by atoms with Crippen molar-refractivity contribution in [3.63, 3.8) is 0 Å². The molecule has 198 valence electrons. The van der Waals surface area contributed by atoms with Crippen LogP contribution >= 0.6 is 15.9 Å². The molecule has 2 amide bonds. The van der Waals surface area contributed by atoms with Gasteiger partial charge in [0.25, 0.3) is 0 Å². The number of halogens is 1. The van der Waals surface area contributed by atoms with Gasteiger partial charge in [0, 0.05) is 42.4 Å². The summed E-state index contributed by atoms with van der Waals surface area (Å²) in [4.78, 5) is 27.9. The summed E-state index contributed by atoms with van der Waals surface area (Å²) in [5, 5.41) is 9.20. The van der Waals surface area contributed by atoms with Gasteiger partial charge in [0.15, 0.2) is 0 Å². The second-order valence-corrected chi connectivity index (χ2v) is 9.83. The monoisotopic (exact) mass is 577 g/mol. The molecule has 1 saturated heterocycles. The first-order chi connectivity index (χ1) is 18.5. The number of nitrogens with two attached hydrogens (primary N) is 1. The quantitative estimate of drug-likeness (QED) is 0.211. The molecule has 3 aromatic carbocycles. The maximum absolute atomic E-state index is 13.3. The highest BCUT2D eigenvalue weighted by molar-refractivity contribution is 9.10. The van der Waals surface area contributed by atoms with Gasteiger partial charge in [-0.1, -0.05) is 52.3 Å². The standard InChI is InChI=1S/C29H32BrN5O3/c30-23-10-12-24(13-11-23)33-29(37)28(32-15-16-35-17-19-38-20-18-35)22-8-5-21(6-9-22)7-14-27(36)34-26-4-2-1-3-25(26)31/h1-14,28,32H,15-20,31H2,(H,33,37)(H,34,36). The molecule has 1 fully saturated rings. The molecular weight excluding hydrogens is 546 g/mol. The van der Waals surface area contributed by atoms with Crippen molar-refractivity contribution in [3.05, 3.63) is 94.5 Å². The molecule has 0 bridgehead atoms. The second-order valence-electron chi connectivity index (χ2n) is 8.91. The van der Waals surface area contributed by atoms with Gasteiger partial charge in [-0.2, -0.15) is 0 Å². The van der Waals surface area contributed by atoms with E-state index >= 15 is 0 Å². The van der Waals surface area contributed by atoms with E-state index < -0.39 is 6.04 Å². The van der Waals surface area contributed by atoms with Crippen molar-refractivity contribution in [2.45, 2.75) is 6.04 Å². The van der Waals surface area contributed by atoms with Crippen molar-refractivity contribution < 1.29 is 14.3 Å². The Bertz CT molecular complexity index is 1240. The van der Waals surface area contributed by atoms with E-state index in [1.165, 1.54) is 6.08 Å². The summed E-state index contributed by atoms with van der Waals surface area (Å²) in [6.07, 6.45) is 3.18. The van der Waals surface area contributed by atoms with Crippen molar-refractivity contribution in [2.75, 3.05) is 55.8 Å². The molecule has 1 aliphatic heterocycles. The number of carbonyl (C=O) groups is 2. The van der Waals surface area contributed by atoms with Gasteiger partial charge in [0.1, 0.15) is 6.04 Å². The summed E-state index contributed by atoms with van der Waals surface area (Å²) in [5.41, 5.74) is 9.36. The van der Waals surface area contributed by atoms with Crippen molar-refractivity contribution in [2.24, 2.45) is 0 Å². The maximum Gasteiger partial charge on any atom is 0.248 e. The molecule has 4 rings (SSSR count). The average molecular weight is 579 g/mol. The zero-order valence-corrected chi connectivity index (χ0v) is 22.6. The van der Waals surface area contributed by atoms with Crippen LogP contribution in [-0.4, -0.2) is 56.1 Å². The molecule has 38 heavy (non-hydrogen) atoms. The number of amides is 2. The molecule has 0 radical (unpaired) electrons. The lowest BCUT2D eigenvalue weighted by Crippen LogP contribution is -2.42. The van der Waals surface area contributed by atoms with Crippen LogP contribution in [0.25, 0.3) is 6.08 Å². The van der Waals surface area contributed by atoms with Crippen LogP contribution in [0.5, 0.6) is 0 Å². The van der Waals surface area contributed by atoms with Crippen LogP contribution in [0.4, 0.5) is 17.1 Å². The minimum atomic E-state index is -0.540. The number of carbonyl (C=O) groups excluding carboxylic acids is 2. The first kappa shape index (κ1) is 27.5. The zero-order valence-electron chi connectivity index (χ0n) is 21.0. The Morgan fingerprint density at radius 2 is 1.68 bits per heavy atom. The summed E-state index contributed by atoms with van der Waals surface area (Å²) in [6.45, 7) is 4.74. The van der Waals surface area contributed by atoms with Gasteiger partial charge >= 0.3 is 0 Å². The molecular formula is C29H32BrN5O3. The van der Waals surface area contributed by atoms with E-state index in [0.717, 1.165) is 54.1 Å². The molecule has 1 atom stereocenters. The molecule has 0 spiro atoms. The Balaban J connectivity index is 1.41. The van der Waals surface area contributed by atoms with Crippen LogP contribution in [0.3, 0.4) is 0 Å². The van der Waals surface area contributed by atoms with Gasteiger partial charge in [0.05, 0.1) is 24.6 Å². The fourth-order valence-corrected chi connectivity index (χ4v) is 4.32. The molecule has 3 aromatic rings. The van der Waals surface area contributed by atoms with Crippen molar-refractivity contribution >= 4 is 50.9 Å². The summed E-state index contributed by atoms with van der Waals surface area (Å²) < 4.78 is 6.37. The predicted octanol–water partition coefficient (Wildman–Crippen LogP) is 4.28. The minimum Gasteiger partial charge on any atom is -0.397 e. The Morgan fingerprint density at radius 1 is 0.974 bits per heavy atom.